The molecule has 0 radical (unpaired) electrons. The second kappa shape index (κ2) is 8.82. The Morgan fingerprint density at radius 2 is 0.420 bits per heavy atom. The highest BCUT2D eigenvalue weighted by Crippen LogP contribution is 2.59. The van der Waals surface area contributed by atoms with E-state index in [2.05, 4.69) is 0 Å². The second-order valence-corrected chi connectivity index (χ2v) is 14.2. The lowest BCUT2D eigenvalue weighted by atomic mass is 9.78. The fraction of sp³-hybridized carbons (Fsp3) is 0.286. The van der Waals surface area contributed by atoms with Gasteiger partial charge in [-0.1, -0.05) is 0 Å². The summed E-state index contributed by atoms with van der Waals surface area (Å²) >= 11 is 0. The van der Waals surface area contributed by atoms with Crippen LogP contribution < -0.4 is 0 Å². The SMILES string of the molecule is O=C1Cc2c(c3c4c(c5c6c(c7c8c(c9c%10c(c2c2c3c5c7c92)CN(O)C(=O)C%10)CN(O)C(=O)C8)CN(O)C(=O)C6)CN(O)C(=O)C4)CN1O. The van der Waals surface area contributed by atoms with Gasteiger partial charge in [0.05, 0.1) is 64.8 Å². The van der Waals surface area contributed by atoms with E-state index >= 15 is 0 Å². The lowest BCUT2D eigenvalue weighted by Gasteiger charge is -2.33. The van der Waals surface area contributed by atoms with Crippen LogP contribution in [0.4, 0.5) is 0 Å². The van der Waals surface area contributed by atoms with Gasteiger partial charge >= 0.3 is 0 Å². The molecule has 6 aromatic rings. The highest BCUT2D eigenvalue weighted by atomic mass is 16.5. The summed E-state index contributed by atoms with van der Waals surface area (Å²) in [4.78, 5) is 66.1. The predicted molar refractivity (Wildman–Crippen MR) is 168 cm³/mol. The topological polar surface area (TPSA) is 203 Å². The van der Waals surface area contributed by atoms with Crippen LogP contribution in [0.25, 0.3) is 53.9 Å². The average molecular weight is 676 g/mol. The number of hydrogen-bond acceptors (Lipinski definition) is 10. The summed E-state index contributed by atoms with van der Waals surface area (Å²) in [5.74, 6) is -2.75. The fourth-order valence-electron chi connectivity index (χ4n) is 10.1. The zero-order valence-corrected chi connectivity index (χ0v) is 26.1. The molecule has 0 saturated heterocycles. The van der Waals surface area contributed by atoms with E-state index in [0.717, 1.165) is 26.9 Å². The first-order valence-electron chi connectivity index (χ1n) is 16.3. The van der Waals surface area contributed by atoms with Gasteiger partial charge in [0, 0.05) is 0 Å². The van der Waals surface area contributed by atoms with Crippen molar-refractivity contribution in [3.05, 3.63) is 55.6 Å². The maximum absolute atomic E-state index is 13.2. The number of carbonyl (C=O) groups excluding carboxylic acids is 5. The van der Waals surface area contributed by atoms with Crippen LogP contribution in [0, 0.1) is 0 Å². The Balaban J connectivity index is 1.50. The minimum absolute atomic E-state index is 0.197. The Morgan fingerprint density at radius 3 is 0.580 bits per heavy atom. The fourth-order valence-corrected chi connectivity index (χ4v) is 10.1. The molecular weight excluding hydrogens is 650 g/mol. The molecule has 0 bridgehead atoms. The molecule has 0 aliphatic carbocycles. The molecule has 5 aliphatic heterocycles. The van der Waals surface area contributed by atoms with E-state index in [0.29, 0.717) is 108 Å². The largest absolute Gasteiger partial charge is 0.286 e. The molecule has 50 heavy (non-hydrogen) atoms. The molecule has 250 valence electrons. The molecule has 0 saturated carbocycles. The first kappa shape index (κ1) is 28.4. The third-order valence-electron chi connectivity index (χ3n) is 12.0. The lowest BCUT2D eigenvalue weighted by molar-refractivity contribution is -0.169. The van der Waals surface area contributed by atoms with Gasteiger partial charge in [0.15, 0.2) is 0 Å². The van der Waals surface area contributed by atoms with Crippen LogP contribution in [0.5, 0.6) is 0 Å². The van der Waals surface area contributed by atoms with Crippen LogP contribution >= 0.6 is 0 Å². The Kier molecular flexibility index (Phi) is 5.01. The summed E-state index contributed by atoms with van der Waals surface area (Å²) in [5.41, 5.74) is 6.02. The smallest absolute Gasteiger partial charge is 0.250 e. The van der Waals surface area contributed by atoms with Gasteiger partial charge < -0.3 is 0 Å². The molecule has 5 aliphatic rings. The molecule has 6 aromatic carbocycles. The molecule has 0 atom stereocenters. The van der Waals surface area contributed by atoms with Crippen LogP contribution in [0.1, 0.15) is 55.6 Å². The number of fused-ring (bicyclic) bond motifs is 15. The first-order chi connectivity index (χ1) is 23.9. The molecule has 0 aromatic heterocycles. The summed E-state index contributed by atoms with van der Waals surface area (Å²) in [5, 5.41) is 64.3. The van der Waals surface area contributed by atoms with Gasteiger partial charge in [-0.3, -0.25) is 50.0 Å². The first-order valence-corrected chi connectivity index (χ1v) is 16.3. The molecule has 11 rings (SSSR count). The van der Waals surface area contributed by atoms with Crippen LogP contribution in [0.15, 0.2) is 0 Å². The predicted octanol–water partition coefficient (Wildman–Crippen LogP) is 2.14. The van der Waals surface area contributed by atoms with Gasteiger partial charge in [-0.25, -0.2) is 25.3 Å². The van der Waals surface area contributed by atoms with Gasteiger partial charge in [-0.15, -0.1) is 0 Å². The molecule has 5 N–H and O–H groups in total. The van der Waals surface area contributed by atoms with Crippen LogP contribution in [-0.2, 0) is 88.8 Å². The summed E-state index contributed by atoms with van der Waals surface area (Å²) in [6.45, 7) is -0.987. The Labute approximate surface area is 279 Å². The highest BCUT2D eigenvalue weighted by Gasteiger charge is 2.43. The lowest BCUT2D eigenvalue weighted by Crippen LogP contribution is -2.37. The maximum atomic E-state index is 13.2. The number of benzene rings is 5. The van der Waals surface area contributed by atoms with Gasteiger partial charge in [-0.2, -0.15) is 0 Å². The van der Waals surface area contributed by atoms with Gasteiger partial charge in [-0.05, 0) is 109 Å². The van der Waals surface area contributed by atoms with Crippen molar-refractivity contribution in [1.29, 1.82) is 0 Å². The monoisotopic (exact) mass is 675 g/mol. The number of rotatable bonds is 0. The van der Waals surface area contributed by atoms with Crippen LogP contribution in [-0.4, -0.2) is 80.9 Å². The third kappa shape index (κ3) is 3.08. The standard InChI is InChI=1S/C35H25N5O10/c41-21-1-11-16(6-36(21)46)27-13-3-23(43)38(48)8-18(13)29-15-5-25(45)40(50)10-20(15)30-14-4-24(44)39(49)9-19(14)28-12-2-22(42)37(47)7-17(12)26(11)31-32(27)34(29)35(30)33(28)31/h46-50H,1-10H2. The van der Waals surface area contributed by atoms with E-state index in [-0.39, 0.29) is 64.8 Å². The number of hydroxylamine groups is 10. The molecule has 5 heterocycles. The summed E-state index contributed by atoms with van der Waals surface area (Å²) < 4.78 is 0. The number of amides is 5. The van der Waals surface area contributed by atoms with Gasteiger partial charge in [0.1, 0.15) is 0 Å². The number of hydrogen-bond donors (Lipinski definition) is 5. The van der Waals surface area contributed by atoms with E-state index in [1.807, 2.05) is 0 Å². The third-order valence-corrected chi connectivity index (χ3v) is 12.0. The van der Waals surface area contributed by atoms with Crippen molar-refractivity contribution in [2.24, 2.45) is 0 Å². The van der Waals surface area contributed by atoms with E-state index in [4.69, 9.17) is 0 Å². The average Bonchev–Trinajstić information content (AvgIpc) is 3.40. The minimum Gasteiger partial charge on any atom is -0.286 e. The van der Waals surface area contributed by atoms with Crippen molar-refractivity contribution >= 4 is 83.4 Å². The quantitative estimate of drug-likeness (QED) is 0.117. The highest BCUT2D eigenvalue weighted by molar-refractivity contribution is 6.48. The second-order valence-electron chi connectivity index (χ2n) is 14.2. The number of nitrogens with zero attached hydrogens (tertiary/aromatic N) is 5. The molecule has 0 spiro atoms. The Morgan fingerprint density at radius 1 is 0.260 bits per heavy atom. The molecule has 0 fully saturated rings. The van der Waals surface area contributed by atoms with Gasteiger partial charge in [0.25, 0.3) is 29.5 Å². The normalized spacial score (nSPS) is 19.7. The summed E-state index contributed by atoms with van der Waals surface area (Å²) in [7, 11) is 0. The van der Waals surface area contributed by atoms with Gasteiger partial charge in [0.2, 0.25) is 0 Å². The molecule has 0 unspecified atom stereocenters. The molecule has 15 nitrogen and oxygen atoms in total. The molecular formula is C35H25N5O10. The maximum Gasteiger partial charge on any atom is 0.250 e. The zero-order chi connectivity index (χ0) is 34.4. The number of carbonyl (C=O) groups is 5. The van der Waals surface area contributed by atoms with Crippen molar-refractivity contribution in [1.82, 2.24) is 25.3 Å². The summed E-state index contributed by atoms with van der Waals surface area (Å²) in [6.07, 6.45) is -0.991. The van der Waals surface area contributed by atoms with E-state index < -0.39 is 29.5 Å². The Hall–Kier alpha value is -5.45. The van der Waals surface area contributed by atoms with E-state index in [1.54, 1.807) is 0 Å². The van der Waals surface area contributed by atoms with Crippen molar-refractivity contribution in [3.63, 3.8) is 0 Å². The van der Waals surface area contributed by atoms with Crippen molar-refractivity contribution in [2.75, 3.05) is 0 Å². The van der Waals surface area contributed by atoms with E-state index in [9.17, 15) is 50.0 Å². The minimum atomic E-state index is -0.550. The van der Waals surface area contributed by atoms with E-state index in [1.165, 1.54) is 0 Å². The Bertz CT molecular complexity index is 2250. The van der Waals surface area contributed by atoms with Crippen LogP contribution in [0.2, 0.25) is 0 Å². The summed E-state index contributed by atoms with van der Waals surface area (Å²) in [6, 6.07) is 0. The van der Waals surface area contributed by atoms with Crippen LogP contribution in [0.3, 0.4) is 0 Å². The molecule has 5 amide bonds. The molecule has 15 heteroatoms. The van der Waals surface area contributed by atoms with Crippen molar-refractivity contribution < 1.29 is 50.0 Å². The van der Waals surface area contributed by atoms with Crippen molar-refractivity contribution in [3.8, 4) is 0 Å². The van der Waals surface area contributed by atoms with Crippen molar-refractivity contribution in [2.45, 2.75) is 64.8 Å². The zero-order valence-electron chi connectivity index (χ0n) is 26.1.